The topological polar surface area (TPSA) is 89.3 Å². The third-order valence-corrected chi connectivity index (χ3v) is 6.20. The lowest BCUT2D eigenvalue weighted by molar-refractivity contribution is -0.139. The fourth-order valence-corrected chi connectivity index (χ4v) is 4.57. The Balaban J connectivity index is 2.01. The van der Waals surface area contributed by atoms with E-state index >= 15 is 0 Å². The van der Waals surface area contributed by atoms with Gasteiger partial charge in [0.1, 0.15) is 27.8 Å². The van der Waals surface area contributed by atoms with Crippen LogP contribution in [0.4, 0.5) is 0 Å². The van der Waals surface area contributed by atoms with Crippen LogP contribution in [0.1, 0.15) is 28.5 Å². The van der Waals surface area contributed by atoms with Crippen LogP contribution >= 0.6 is 11.8 Å². The highest BCUT2D eigenvalue weighted by Crippen LogP contribution is 2.46. The van der Waals surface area contributed by atoms with Crippen LogP contribution in [0.2, 0.25) is 0 Å². The van der Waals surface area contributed by atoms with Crippen molar-refractivity contribution in [2.75, 3.05) is 14.2 Å². The van der Waals surface area contributed by atoms with E-state index in [0.29, 0.717) is 33.0 Å². The van der Waals surface area contributed by atoms with Gasteiger partial charge in [0.2, 0.25) is 5.78 Å². The van der Waals surface area contributed by atoms with E-state index in [0.717, 1.165) is 22.9 Å². The SMILES string of the molecule is COC(=O)[C@H](C)Sc1nc2c(c(-c3ccc(OC)cc3)c1C#N)-c1ccccc1C2=O. The maximum Gasteiger partial charge on any atom is 0.318 e. The number of carbonyl (C=O) groups excluding carboxylic acids is 2. The molecule has 1 heterocycles. The summed E-state index contributed by atoms with van der Waals surface area (Å²) in [6, 6.07) is 16.8. The van der Waals surface area contributed by atoms with Gasteiger partial charge in [-0.2, -0.15) is 5.26 Å². The number of carbonyl (C=O) groups is 2. The molecule has 0 N–H and O–H groups in total. The van der Waals surface area contributed by atoms with Crippen molar-refractivity contribution in [1.82, 2.24) is 4.98 Å². The van der Waals surface area contributed by atoms with Crippen LogP contribution in [0.3, 0.4) is 0 Å². The van der Waals surface area contributed by atoms with Gasteiger partial charge in [0.05, 0.1) is 19.8 Å². The van der Waals surface area contributed by atoms with Crippen molar-refractivity contribution < 1.29 is 19.1 Å². The van der Waals surface area contributed by atoms with E-state index in [1.165, 1.54) is 7.11 Å². The van der Waals surface area contributed by atoms with Gasteiger partial charge in [0.25, 0.3) is 0 Å². The molecule has 3 aromatic rings. The Kier molecular flexibility index (Phi) is 5.49. The maximum absolute atomic E-state index is 13.1. The van der Waals surface area contributed by atoms with Gasteiger partial charge in [-0.25, -0.2) is 4.98 Å². The number of nitrogens with zero attached hydrogens (tertiary/aromatic N) is 2. The molecule has 0 fully saturated rings. The minimum Gasteiger partial charge on any atom is -0.497 e. The number of fused-ring (bicyclic) bond motifs is 3. The second-order valence-electron chi connectivity index (χ2n) is 6.89. The molecule has 2 aromatic carbocycles. The Morgan fingerprint density at radius 1 is 1.06 bits per heavy atom. The Bertz CT molecular complexity index is 1250. The lowest BCUT2D eigenvalue weighted by atomic mass is 9.93. The molecule has 0 aliphatic heterocycles. The van der Waals surface area contributed by atoms with Gasteiger partial charge in [-0.15, -0.1) is 0 Å². The summed E-state index contributed by atoms with van der Waals surface area (Å²) in [4.78, 5) is 29.7. The van der Waals surface area contributed by atoms with Crippen LogP contribution in [0.5, 0.6) is 5.75 Å². The number of esters is 1. The molecule has 1 aromatic heterocycles. The van der Waals surface area contributed by atoms with Gasteiger partial charge >= 0.3 is 5.97 Å². The molecule has 4 rings (SSSR count). The van der Waals surface area contributed by atoms with Gasteiger partial charge in [0.15, 0.2) is 0 Å². The number of ether oxygens (including phenoxy) is 2. The zero-order valence-electron chi connectivity index (χ0n) is 17.1. The van der Waals surface area contributed by atoms with Crippen molar-refractivity contribution in [1.29, 1.82) is 5.26 Å². The van der Waals surface area contributed by atoms with Gasteiger partial charge < -0.3 is 9.47 Å². The van der Waals surface area contributed by atoms with Crippen molar-refractivity contribution in [3.63, 3.8) is 0 Å². The molecule has 0 saturated heterocycles. The average Bonchev–Trinajstić information content (AvgIpc) is 3.09. The standard InChI is InChI=1S/C24H18N2O4S/c1-13(24(28)30-3)31-23-18(12-25)19(14-8-10-15(29-2)11-9-14)20-16-6-4-5-7-17(16)22(27)21(20)26-23/h4-11,13H,1-3H3/t13-/m0/s1. The normalized spacial score (nSPS) is 12.5. The molecule has 0 unspecified atom stereocenters. The Labute approximate surface area is 183 Å². The van der Waals surface area contributed by atoms with Crippen molar-refractivity contribution >= 4 is 23.5 Å². The predicted octanol–water partition coefficient (Wildman–Crippen LogP) is 4.49. The smallest absolute Gasteiger partial charge is 0.318 e. The number of thioether (sulfide) groups is 1. The van der Waals surface area contributed by atoms with E-state index in [1.54, 1.807) is 38.3 Å². The Hall–Kier alpha value is -3.63. The zero-order chi connectivity index (χ0) is 22.1. The van der Waals surface area contributed by atoms with Gasteiger partial charge in [-0.05, 0) is 30.2 Å². The number of hydrogen-bond donors (Lipinski definition) is 0. The fraction of sp³-hybridized carbons (Fsp3) is 0.167. The van der Waals surface area contributed by atoms with E-state index in [2.05, 4.69) is 11.1 Å². The number of hydrogen-bond acceptors (Lipinski definition) is 7. The van der Waals surface area contributed by atoms with E-state index in [9.17, 15) is 14.9 Å². The van der Waals surface area contributed by atoms with Crippen molar-refractivity contribution in [3.05, 3.63) is 65.4 Å². The summed E-state index contributed by atoms with van der Waals surface area (Å²) in [5.41, 5.74) is 3.90. The highest BCUT2D eigenvalue weighted by atomic mass is 32.2. The molecular weight excluding hydrogens is 412 g/mol. The maximum atomic E-state index is 13.1. The van der Waals surface area contributed by atoms with E-state index in [-0.39, 0.29) is 11.5 Å². The third kappa shape index (κ3) is 3.45. The highest BCUT2D eigenvalue weighted by molar-refractivity contribution is 8.00. The van der Waals surface area contributed by atoms with Crippen LogP contribution in [0.15, 0.2) is 53.6 Å². The molecule has 154 valence electrons. The fourth-order valence-electron chi connectivity index (χ4n) is 3.63. The lowest BCUT2D eigenvalue weighted by Gasteiger charge is -2.16. The van der Waals surface area contributed by atoms with Crippen molar-refractivity contribution in [3.8, 4) is 34.1 Å². The minimum atomic E-state index is -0.592. The summed E-state index contributed by atoms with van der Waals surface area (Å²) in [7, 11) is 2.89. The van der Waals surface area contributed by atoms with Gasteiger partial charge in [-0.3, -0.25) is 9.59 Å². The number of pyridine rings is 1. The molecule has 0 bridgehead atoms. The van der Waals surface area contributed by atoms with Crippen molar-refractivity contribution in [2.24, 2.45) is 0 Å². The van der Waals surface area contributed by atoms with Crippen LogP contribution in [-0.4, -0.2) is 36.2 Å². The molecule has 1 aliphatic rings. The minimum absolute atomic E-state index is 0.197. The van der Waals surface area contributed by atoms with Crippen LogP contribution in [0.25, 0.3) is 22.3 Å². The van der Waals surface area contributed by atoms with Crippen molar-refractivity contribution in [2.45, 2.75) is 17.2 Å². The summed E-state index contributed by atoms with van der Waals surface area (Å²) in [5, 5.41) is 9.82. The second-order valence-corrected chi connectivity index (χ2v) is 8.22. The summed E-state index contributed by atoms with van der Waals surface area (Å²) in [5.74, 6) is 0.0487. The third-order valence-electron chi connectivity index (χ3n) is 5.13. The number of ketones is 1. The second kappa shape index (κ2) is 8.25. The van der Waals surface area contributed by atoms with E-state index in [4.69, 9.17) is 9.47 Å². The molecular formula is C24H18N2O4S. The first-order valence-electron chi connectivity index (χ1n) is 9.51. The van der Waals surface area contributed by atoms with Crippen LogP contribution in [-0.2, 0) is 9.53 Å². The number of aromatic nitrogens is 1. The molecule has 0 saturated carbocycles. The molecule has 0 spiro atoms. The monoisotopic (exact) mass is 430 g/mol. The molecule has 0 radical (unpaired) electrons. The predicted molar refractivity (Wildman–Crippen MR) is 117 cm³/mol. The summed E-state index contributed by atoms with van der Waals surface area (Å²) < 4.78 is 10.1. The van der Waals surface area contributed by atoms with E-state index in [1.807, 2.05) is 24.3 Å². The lowest BCUT2D eigenvalue weighted by Crippen LogP contribution is -2.15. The molecule has 6 nitrogen and oxygen atoms in total. The number of benzene rings is 2. The van der Waals surface area contributed by atoms with E-state index < -0.39 is 11.2 Å². The molecule has 31 heavy (non-hydrogen) atoms. The molecule has 0 amide bonds. The first-order chi connectivity index (χ1) is 15.0. The average molecular weight is 430 g/mol. The summed E-state index contributed by atoms with van der Waals surface area (Å²) in [6.45, 7) is 1.68. The van der Waals surface area contributed by atoms with Crippen LogP contribution < -0.4 is 4.74 Å². The summed E-state index contributed by atoms with van der Waals surface area (Å²) >= 11 is 1.11. The zero-order valence-corrected chi connectivity index (χ0v) is 17.9. The molecule has 7 heteroatoms. The summed E-state index contributed by atoms with van der Waals surface area (Å²) in [6.07, 6.45) is 0. The van der Waals surface area contributed by atoms with Gasteiger partial charge in [-0.1, -0.05) is 48.2 Å². The highest BCUT2D eigenvalue weighted by Gasteiger charge is 2.34. The van der Waals surface area contributed by atoms with Gasteiger partial charge in [0, 0.05) is 16.7 Å². The Morgan fingerprint density at radius 3 is 2.35 bits per heavy atom. The molecule has 1 atom stereocenters. The first kappa shape index (κ1) is 20.6. The number of methoxy groups -OCH3 is 2. The quantitative estimate of drug-likeness (QED) is 0.340. The number of nitriles is 1. The largest absolute Gasteiger partial charge is 0.497 e. The Morgan fingerprint density at radius 2 is 1.74 bits per heavy atom. The molecule has 1 aliphatic carbocycles. The first-order valence-corrected chi connectivity index (χ1v) is 10.4. The number of rotatable bonds is 5. The van der Waals surface area contributed by atoms with Crippen LogP contribution in [0, 0.1) is 11.3 Å².